The summed E-state index contributed by atoms with van der Waals surface area (Å²) in [6.07, 6.45) is 6.18. The highest BCUT2D eigenvalue weighted by Crippen LogP contribution is 2.17. The minimum Gasteiger partial charge on any atom is -0.332 e. The average Bonchev–Trinajstić information content (AvgIpc) is 3.10. The lowest BCUT2D eigenvalue weighted by atomic mass is 10.1. The topological polar surface area (TPSA) is 70.5 Å². The number of rotatable bonds is 3. The first-order valence-corrected chi connectivity index (χ1v) is 7.43. The zero-order chi connectivity index (χ0) is 14.8. The van der Waals surface area contributed by atoms with Gasteiger partial charge in [-0.15, -0.1) is 0 Å². The zero-order valence-corrected chi connectivity index (χ0v) is 12.3. The number of piperazine rings is 1. The number of carbonyl (C=O) groups excluding carboxylic acids is 2. The summed E-state index contributed by atoms with van der Waals surface area (Å²) in [5.74, 6) is 0.0376. The van der Waals surface area contributed by atoms with Crippen LogP contribution >= 0.6 is 0 Å². The van der Waals surface area contributed by atoms with Crippen molar-refractivity contribution in [3.63, 3.8) is 0 Å². The van der Waals surface area contributed by atoms with Crippen molar-refractivity contribution in [2.45, 2.75) is 25.3 Å². The molecule has 0 aromatic carbocycles. The number of anilines is 1. The summed E-state index contributed by atoms with van der Waals surface area (Å²) in [6, 6.07) is 0.281. The number of hydrogen-bond donors (Lipinski definition) is 1. The second-order valence-corrected chi connectivity index (χ2v) is 5.73. The summed E-state index contributed by atoms with van der Waals surface area (Å²) >= 11 is 0. The minimum absolute atomic E-state index is 0.0398. The van der Waals surface area contributed by atoms with Crippen molar-refractivity contribution >= 4 is 17.5 Å². The van der Waals surface area contributed by atoms with Crippen molar-refractivity contribution in [2.75, 3.05) is 31.1 Å². The lowest BCUT2D eigenvalue weighted by Crippen LogP contribution is -2.53. The van der Waals surface area contributed by atoms with Crippen molar-refractivity contribution < 1.29 is 9.59 Å². The molecule has 2 aliphatic heterocycles. The van der Waals surface area contributed by atoms with Crippen LogP contribution in [0.4, 0.5) is 5.69 Å². The number of nitrogens with one attached hydrogen (secondary N) is 1. The van der Waals surface area contributed by atoms with E-state index in [0.717, 1.165) is 25.1 Å². The largest absolute Gasteiger partial charge is 0.332 e. The fraction of sp³-hybridized carbons (Fsp3) is 0.643. The highest BCUT2D eigenvalue weighted by molar-refractivity contribution is 5.97. The molecule has 2 amide bonds. The molecule has 114 valence electrons. The van der Waals surface area contributed by atoms with Crippen molar-refractivity contribution in [1.82, 2.24) is 20.0 Å². The van der Waals surface area contributed by atoms with Crippen molar-refractivity contribution in [3.05, 3.63) is 12.4 Å². The predicted octanol–water partition coefficient (Wildman–Crippen LogP) is -0.263. The summed E-state index contributed by atoms with van der Waals surface area (Å²) < 4.78 is 1.67. The van der Waals surface area contributed by atoms with E-state index in [0.29, 0.717) is 19.5 Å². The van der Waals surface area contributed by atoms with Crippen LogP contribution in [-0.2, 0) is 16.6 Å². The Morgan fingerprint density at radius 3 is 2.95 bits per heavy atom. The summed E-state index contributed by atoms with van der Waals surface area (Å²) in [6.45, 7) is 2.28. The molecule has 3 heterocycles. The molecule has 2 saturated heterocycles. The van der Waals surface area contributed by atoms with Gasteiger partial charge in [0.05, 0.1) is 11.9 Å². The van der Waals surface area contributed by atoms with Gasteiger partial charge in [-0.3, -0.25) is 14.3 Å². The molecule has 1 atom stereocenters. The Hall–Kier alpha value is -1.89. The van der Waals surface area contributed by atoms with Crippen molar-refractivity contribution in [3.8, 4) is 0 Å². The molecule has 0 saturated carbocycles. The van der Waals surface area contributed by atoms with E-state index >= 15 is 0 Å². The maximum Gasteiger partial charge on any atom is 0.246 e. The number of aromatic nitrogens is 2. The smallest absolute Gasteiger partial charge is 0.246 e. The molecule has 0 aliphatic carbocycles. The van der Waals surface area contributed by atoms with Crippen LogP contribution in [0.1, 0.15) is 19.3 Å². The van der Waals surface area contributed by atoms with Crippen LogP contribution in [0.2, 0.25) is 0 Å². The zero-order valence-electron chi connectivity index (χ0n) is 12.3. The number of amides is 2. The van der Waals surface area contributed by atoms with Gasteiger partial charge in [-0.05, 0) is 19.4 Å². The molecule has 1 unspecified atom stereocenters. The molecule has 0 spiro atoms. The molecule has 3 rings (SSSR count). The second-order valence-electron chi connectivity index (χ2n) is 5.73. The normalized spacial score (nSPS) is 22.9. The number of nitrogens with zero attached hydrogens (tertiary/aromatic N) is 4. The van der Waals surface area contributed by atoms with E-state index < -0.39 is 0 Å². The number of carbonyl (C=O) groups is 2. The van der Waals surface area contributed by atoms with E-state index in [1.54, 1.807) is 20.7 Å². The van der Waals surface area contributed by atoms with E-state index in [1.807, 2.05) is 13.2 Å². The Morgan fingerprint density at radius 1 is 1.48 bits per heavy atom. The van der Waals surface area contributed by atoms with Gasteiger partial charge >= 0.3 is 0 Å². The monoisotopic (exact) mass is 291 g/mol. The Balaban J connectivity index is 1.57. The standard InChI is InChI=1S/C14H21N5O2/c1-17-9-12(8-16-17)19-6-5-18(10-14(19)21)13(20)7-11-3-2-4-15-11/h8-9,11,15H,2-7,10H2,1H3. The van der Waals surface area contributed by atoms with Crippen LogP contribution in [0.15, 0.2) is 12.4 Å². The van der Waals surface area contributed by atoms with Crippen LogP contribution in [0.3, 0.4) is 0 Å². The molecule has 1 N–H and O–H groups in total. The van der Waals surface area contributed by atoms with Gasteiger partial charge in [0.25, 0.3) is 0 Å². The third-order valence-electron chi connectivity index (χ3n) is 4.16. The van der Waals surface area contributed by atoms with Gasteiger partial charge in [-0.1, -0.05) is 0 Å². The van der Waals surface area contributed by atoms with Gasteiger partial charge in [0.1, 0.15) is 6.54 Å². The maximum absolute atomic E-state index is 12.2. The van der Waals surface area contributed by atoms with E-state index in [-0.39, 0.29) is 24.4 Å². The fourth-order valence-electron chi connectivity index (χ4n) is 2.98. The summed E-state index contributed by atoms with van der Waals surface area (Å²) in [5.41, 5.74) is 0.798. The van der Waals surface area contributed by atoms with E-state index in [9.17, 15) is 9.59 Å². The molecule has 7 nitrogen and oxygen atoms in total. The van der Waals surface area contributed by atoms with Gasteiger partial charge in [0.15, 0.2) is 0 Å². The maximum atomic E-state index is 12.2. The highest BCUT2D eigenvalue weighted by Gasteiger charge is 2.30. The molecule has 0 radical (unpaired) electrons. The van der Waals surface area contributed by atoms with Gasteiger partial charge in [0, 0.05) is 38.8 Å². The van der Waals surface area contributed by atoms with Crippen LogP contribution < -0.4 is 10.2 Å². The summed E-state index contributed by atoms with van der Waals surface area (Å²) in [5, 5.41) is 7.40. The molecule has 1 aromatic rings. The average molecular weight is 291 g/mol. The first-order valence-electron chi connectivity index (χ1n) is 7.43. The molecule has 2 aliphatic rings. The Labute approximate surface area is 123 Å². The van der Waals surface area contributed by atoms with Crippen molar-refractivity contribution in [1.29, 1.82) is 0 Å². The summed E-state index contributed by atoms with van der Waals surface area (Å²) in [4.78, 5) is 27.9. The molecule has 21 heavy (non-hydrogen) atoms. The Bertz CT molecular complexity index is 535. The molecule has 2 fully saturated rings. The lowest BCUT2D eigenvalue weighted by molar-refractivity contribution is -0.137. The van der Waals surface area contributed by atoms with Gasteiger partial charge < -0.3 is 15.1 Å². The van der Waals surface area contributed by atoms with Crippen LogP contribution in [-0.4, -0.2) is 58.7 Å². The lowest BCUT2D eigenvalue weighted by Gasteiger charge is -2.34. The van der Waals surface area contributed by atoms with Crippen LogP contribution in [0, 0.1) is 0 Å². The Kier molecular flexibility index (Phi) is 3.92. The fourth-order valence-corrected chi connectivity index (χ4v) is 2.98. The quantitative estimate of drug-likeness (QED) is 0.833. The third-order valence-corrected chi connectivity index (χ3v) is 4.16. The molecule has 1 aromatic heterocycles. The highest BCUT2D eigenvalue weighted by atomic mass is 16.2. The Morgan fingerprint density at radius 2 is 2.33 bits per heavy atom. The molecular weight excluding hydrogens is 270 g/mol. The van der Waals surface area contributed by atoms with Crippen molar-refractivity contribution in [2.24, 2.45) is 7.05 Å². The first kappa shape index (κ1) is 14.1. The van der Waals surface area contributed by atoms with E-state index in [1.165, 1.54) is 0 Å². The second kappa shape index (κ2) is 5.85. The molecular formula is C14H21N5O2. The molecule has 0 bridgehead atoms. The summed E-state index contributed by atoms with van der Waals surface area (Å²) in [7, 11) is 1.82. The van der Waals surface area contributed by atoms with E-state index in [2.05, 4.69) is 10.4 Å². The van der Waals surface area contributed by atoms with Crippen LogP contribution in [0.25, 0.3) is 0 Å². The third kappa shape index (κ3) is 3.07. The van der Waals surface area contributed by atoms with E-state index in [4.69, 9.17) is 0 Å². The first-order chi connectivity index (χ1) is 10.1. The SMILES string of the molecule is Cn1cc(N2CCN(C(=O)CC3CCCN3)CC2=O)cn1. The number of hydrogen-bond acceptors (Lipinski definition) is 4. The van der Waals surface area contributed by atoms with Gasteiger partial charge in [-0.25, -0.2) is 0 Å². The number of aryl methyl sites for hydroxylation is 1. The van der Waals surface area contributed by atoms with Gasteiger partial charge in [-0.2, -0.15) is 5.10 Å². The van der Waals surface area contributed by atoms with Crippen LogP contribution in [0.5, 0.6) is 0 Å². The minimum atomic E-state index is -0.0398. The van der Waals surface area contributed by atoms with Gasteiger partial charge in [0.2, 0.25) is 11.8 Å². The molecule has 7 heteroatoms. The predicted molar refractivity (Wildman–Crippen MR) is 77.8 cm³/mol.